The molecule has 0 unspecified atom stereocenters. The molecule has 0 bridgehead atoms. The molecule has 31 heavy (non-hydrogen) atoms. The predicted molar refractivity (Wildman–Crippen MR) is 119 cm³/mol. The molecule has 0 atom stereocenters. The molecule has 0 radical (unpaired) electrons. The van der Waals surface area contributed by atoms with Gasteiger partial charge in [0.05, 0.1) is 23.8 Å². The van der Waals surface area contributed by atoms with Crippen molar-refractivity contribution in [2.24, 2.45) is 5.10 Å². The number of carbonyl (C=O) groups excluding carboxylic acids is 1. The van der Waals surface area contributed by atoms with E-state index in [1.807, 2.05) is 0 Å². The molecule has 160 valence electrons. The Hall–Kier alpha value is -3.07. The lowest BCUT2D eigenvalue weighted by atomic mass is 10.2. The Bertz CT molecular complexity index is 1210. The summed E-state index contributed by atoms with van der Waals surface area (Å²) in [6.45, 7) is 0. The maximum Gasteiger partial charge on any atom is 0.343 e. The number of rotatable bonds is 7. The fourth-order valence-electron chi connectivity index (χ4n) is 2.43. The summed E-state index contributed by atoms with van der Waals surface area (Å²) in [6.07, 6.45) is 1.29. The van der Waals surface area contributed by atoms with Gasteiger partial charge in [-0.15, -0.1) is 0 Å². The minimum absolute atomic E-state index is 0.0242. The molecule has 0 spiro atoms. The van der Waals surface area contributed by atoms with Crippen molar-refractivity contribution in [2.75, 3.05) is 7.11 Å². The van der Waals surface area contributed by atoms with Gasteiger partial charge in [0.25, 0.3) is 10.0 Å². The van der Waals surface area contributed by atoms with Crippen molar-refractivity contribution >= 4 is 45.4 Å². The van der Waals surface area contributed by atoms with Gasteiger partial charge in [-0.25, -0.2) is 9.63 Å². The van der Waals surface area contributed by atoms with E-state index in [1.54, 1.807) is 36.4 Å². The molecule has 0 saturated carbocycles. The van der Waals surface area contributed by atoms with Crippen molar-refractivity contribution in [1.29, 1.82) is 0 Å². The average molecular weight is 479 g/mol. The second-order valence-corrected chi connectivity index (χ2v) is 8.65. The van der Waals surface area contributed by atoms with Crippen molar-refractivity contribution in [3.8, 4) is 11.5 Å². The van der Waals surface area contributed by atoms with E-state index in [2.05, 4.69) is 9.93 Å². The lowest BCUT2D eigenvalue weighted by molar-refractivity contribution is 0.0729. The van der Waals surface area contributed by atoms with Crippen LogP contribution >= 0.6 is 23.2 Å². The fraction of sp³-hybridized carbons (Fsp3) is 0.0476. The minimum Gasteiger partial charge on any atom is -0.493 e. The Morgan fingerprint density at radius 2 is 1.55 bits per heavy atom. The third kappa shape index (κ3) is 5.97. The first-order valence-electron chi connectivity index (χ1n) is 8.75. The van der Waals surface area contributed by atoms with E-state index in [-0.39, 0.29) is 16.4 Å². The van der Waals surface area contributed by atoms with Crippen molar-refractivity contribution in [1.82, 2.24) is 4.83 Å². The lowest BCUT2D eigenvalue weighted by Gasteiger charge is -2.10. The van der Waals surface area contributed by atoms with Gasteiger partial charge >= 0.3 is 5.97 Å². The van der Waals surface area contributed by atoms with Gasteiger partial charge in [-0.05, 0) is 72.3 Å². The first-order chi connectivity index (χ1) is 14.8. The monoisotopic (exact) mass is 478 g/mol. The first kappa shape index (κ1) is 22.6. The van der Waals surface area contributed by atoms with Gasteiger partial charge in [0.1, 0.15) is 0 Å². The van der Waals surface area contributed by atoms with E-state index in [9.17, 15) is 13.2 Å². The van der Waals surface area contributed by atoms with E-state index >= 15 is 0 Å². The highest BCUT2D eigenvalue weighted by atomic mass is 35.5. The number of hydrazone groups is 1. The topological polar surface area (TPSA) is 94.1 Å². The first-order valence-corrected chi connectivity index (χ1v) is 11.0. The molecule has 10 heteroatoms. The number of carbonyl (C=O) groups is 1. The van der Waals surface area contributed by atoms with Crippen LogP contribution in [0.15, 0.2) is 76.7 Å². The number of nitrogens with zero attached hydrogens (tertiary/aromatic N) is 1. The smallest absolute Gasteiger partial charge is 0.343 e. The number of halogens is 2. The Morgan fingerprint density at radius 3 is 2.16 bits per heavy atom. The molecule has 0 heterocycles. The van der Waals surface area contributed by atoms with Crippen molar-refractivity contribution in [2.45, 2.75) is 4.90 Å². The quantitative estimate of drug-likeness (QED) is 0.233. The Morgan fingerprint density at radius 1 is 0.935 bits per heavy atom. The molecule has 0 aliphatic rings. The number of ether oxygens (including phenoxy) is 2. The molecule has 0 fully saturated rings. The van der Waals surface area contributed by atoms with Crippen LogP contribution in [0.3, 0.4) is 0 Å². The van der Waals surface area contributed by atoms with Gasteiger partial charge in [-0.1, -0.05) is 23.2 Å². The van der Waals surface area contributed by atoms with Gasteiger partial charge in [0.15, 0.2) is 11.5 Å². The van der Waals surface area contributed by atoms with Crippen LogP contribution in [0.4, 0.5) is 0 Å². The van der Waals surface area contributed by atoms with E-state index in [4.69, 9.17) is 32.7 Å². The van der Waals surface area contributed by atoms with Crippen LogP contribution in [0.2, 0.25) is 10.0 Å². The second-order valence-electron chi connectivity index (χ2n) is 6.11. The molecule has 0 aliphatic carbocycles. The number of benzene rings is 3. The number of sulfonamides is 1. The summed E-state index contributed by atoms with van der Waals surface area (Å²) in [5, 5.41) is 4.69. The zero-order chi connectivity index (χ0) is 22.4. The highest BCUT2D eigenvalue weighted by molar-refractivity contribution is 7.89. The minimum atomic E-state index is -3.84. The van der Waals surface area contributed by atoms with E-state index in [0.717, 1.165) is 0 Å². The molecule has 0 aliphatic heterocycles. The van der Waals surface area contributed by atoms with Crippen LogP contribution in [0, 0.1) is 0 Å². The number of nitrogens with one attached hydrogen (secondary N) is 1. The normalized spacial score (nSPS) is 11.3. The SMILES string of the molecule is COc1cc(/C=N/NS(=O)(=O)c2ccc(Cl)cc2)ccc1OC(=O)c1ccc(Cl)cc1. The Balaban J connectivity index is 1.71. The number of esters is 1. The van der Waals surface area contributed by atoms with Crippen molar-refractivity contribution in [3.05, 3.63) is 87.9 Å². The maximum atomic E-state index is 12.3. The number of hydrogen-bond donors (Lipinski definition) is 1. The van der Waals surface area contributed by atoms with Crippen LogP contribution in [0.5, 0.6) is 11.5 Å². The van der Waals surface area contributed by atoms with Crippen molar-refractivity contribution < 1.29 is 22.7 Å². The zero-order valence-electron chi connectivity index (χ0n) is 16.1. The molecule has 7 nitrogen and oxygen atoms in total. The molecular weight excluding hydrogens is 463 g/mol. The summed E-state index contributed by atoms with van der Waals surface area (Å²) in [5.74, 6) is -0.111. The largest absolute Gasteiger partial charge is 0.493 e. The fourth-order valence-corrected chi connectivity index (χ4v) is 3.47. The number of hydrogen-bond acceptors (Lipinski definition) is 6. The van der Waals surface area contributed by atoms with Crippen LogP contribution in [0.25, 0.3) is 0 Å². The van der Waals surface area contributed by atoms with Gasteiger partial charge in [-0.2, -0.15) is 13.5 Å². The van der Waals surface area contributed by atoms with E-state index in [0.29, 0.717) is 21.2 Å². The summed E-state index contributed by atoms with van der Waals surface area (Å²) in [7, 11) is -2.42. The molecule has 3 aromatic carbocycles. The van der Waals surface area contributed by atoms with Crippen LogP contribution in [-0.2, 0) is 10.0 Å². The lowest BCUT2D eigenvalue weighted by Crippen LogP contribution is -2.18. The third-order valence-electron chi connectivity index (χ3n) is 3.98. The van der Waals surface area contributed by atoms with Gasteiger partial charge in [-0.3, -0.25) is 0 Å². The summed E-state index contributed by atoms with van der Waals surface area (Å²) in [4.78, 5) is 14.4. The van der Waals surface area contributed by atoms with Gasteiger partial charge in [0.2, 0.25) is 0 Å². The highest BCUT2D eigenvalue weighted by Crippen LogP contribution is 2.28. The van der Waals surface area contributed by atoms with Crippen LogP contribution < -0.4 is 14.3 Å². The van der Waals surface area contributed by atoms with Gasteiger partial charge in [0, 0.05) is 10.0 Å². The maximum absolute atomic E-state index is 12.3. The Kier molecular flexibility index (Phi) is 7.17. The summed E-state index contributed by atoms with van der Waals surface area (Å²) >= 11 is 11.6. The predicted octanol–water partition coefficient (Wildman–Crippen LogP) is 4.53. The molecule has 0 saturated heterocycles. The average Bonchev–Trinajstić information content (AvgIpc) is 2.75. The second kappa shape index (κ2) is 9.82. The summed E-state index contributed by atoms with van der Waals surface area (Å²) < 4.78 is 35.1. The summed E-state index contributed by atoms with van der Waals surface area (Å²) in [5.41, 5.74) is 0.843. The zero-order valence-corrected chi connectivity index (χ0v) is 18.4. The summed E-state index contributed by atoms with van der Waals surface area (Å²) in [6, 6.07) is 16.6. The van der Waals surface area contributed by atoms with E-state index < -0.39 is 16.0 Å². The molecule has 0 aromatic heterocycles. The van der Waals surface area contributed by atoms with Crippen molar-refractivity contribution in [3.63, 3.8) is 0 Å². The molecule has 0 amide bonds. The molecule has 3 aromatic rings. The van der Waals surface area contributed by atoms with Crippen LogP contribution in [0.1, 0.15) is 15.9 Å². The molecular formula is C21H16Cl2N2O5S. The highest BCUT2D eigenvalue weighted by Gasteiger charge is 2.14. The third-order valence-corrected chi connectivity index (χ3v) is 5.72. The standard InChI is InChI=1S/C21H16Cl2N2O5S/c1-29-20-12-14(13-24-25-31(27,28)18-9-7-17(23)8-10-18)2-11-19(20)30-21(26)15-3-5-16(22)6-4-15/h2-13,25H,1H3/b24-13+. The molecule has 1 N–H and O–H groups in total. The van der Waals surface area contributed by atoms with Gasteiger partial charge < -0.3 is 9.47 Å². The van der Waals surface area contributed by atoms with Crippen LogP contribution in [-0.4, -0.2) is 27.7 Å². The van der Waals surface area contributed by atoms with E-state index in [1.165, 1.54) is 43.7 Å². The molecule has 3 rings (SSSR count). The number of methoxy groups -OCH3 is 1. The Labute approximate surface area is 189 Å².